The Labute approximate surface area is 102 Å². The van der Waals surface area contributed by atoms with Crippen molar-refractivity contribution < 1.29 is 4.79 Å². The van der Waals surface area contributed by atoms with E-state index in [0.717, 1.165) is 38.4 Å². The van der Waals surface area contributed by atoms with Crippen molar-refractivity contribution in [3.05, 3.63) is 0 Å². The maximum atomic E-state index is 11.7. The number of nitrogens with zero attached hydrogens (tertiary/aromatic N) is 2. The summed E-state index contributed by atoms with van der Waals surface area (Å²) < 4.78 is 0. The van der Waals surface area contributed by atoms with Crippen LogP contribution in [0.15, 0.2) is 4.99 Å². The van der Waals surface area contributed by atoms with Crippen molar-refractivity contribution in [3.8, 4) is 0 Å². The SMILES string of the molecule is NC(=NCC(=O)N1CCCC1)NCC1CCC1. The highest BCUT2D eigenvalue weighted by Crippen LogP contribution is 2.24. The van der Waals surface area contributed by atoms with Crippen molar-refractivity contribution in [3.63, 3.8) is 0 Å². The summed E-state index contributed by atoms with van der Waals surface area (Å²) in [6, 6.07) is 0. The number of hydrogen-bond donors (Lipinski definition) is 2. The van der Waals surface area contributed by atoms with Crippen molar-refractivity contribution in [2.75, 3.05) is 26.2 Å². The van der Waals surface area contributed by atoms with E-state index < -0.39 is 0 Å². The summed E-state index contributed by atoms with van der Waals surface area (Å²) in [5, 5.41) is 3.09. The first-order chi connectivity index (χ1) is 8.25. The number of guanidine groups is 1. The van der Waals surface area contributed by atoms with Crippen LogP contribution < -0.4 is 11.1 Å². The lowest BCUT2D eigenvalue weighted by Gasteiger charge is -2.25. The third-order valence-electron chi connectivity index (χ3n) is 3.64. The van der Waals surface area contributed by atoms with Crippen LogP contribution in [-0.4, -0.2) is 42.9 Å². The molecule has 0 atom stereocenters. The Morgan fingerprint density at radius 2 is 2.00 bits per heavy atom. The summed E-state index contributed by atoms with van der Waals surface area (Å²) in [6.45, 7) is 2.84. The third kappa shape index (κ3) is 3.61. The van der Waals surface area contributed by atoms with E-state index in [-0.39, 0.29) is 12.5 Å². The molecule has 1 saturated heterocycles. The van der Waals surface area contributed by atoms with Crippen LogP contribution in [0.5, 0.6) is 0 Å². The molecule has 0 unspecified atom stereocenters. The number of amides is 1. The number of nitrogens with one attached hydrogen (secondary N) is 1. The number of carbonyl (C=O) groups is 1. The van der Waals surface area contributed by atoms with Gasteiger partial charge in [-0.05, 0) is 31.6 Å². The minimum absolute atomic E-state index is 0.0934. The molecule has 5 nitrogen and oxygen atoms in total. The molecule has 1 amide bonds. The fourth-order valence-electron chi connectivity index (χ4n) is 2.22. The predicted molar refractivity (Wildman–Crippen MR) is 67.6 cm³/mol. The second kappa shape index (κ2) is 5.89. The highest BCUT2D eigenvalue weighted by molar-refractivity contribution is 5.84. The van der Waals surface area contributed by atoms with Crippen molar-refractivity contribution in [2.24, 2.45) is 16.6 Å². The standard InChI is InChI=1S/C12H22N4O/c13-12(14-8-10-4-3-5-10)15-9-11(17)16-6-1-2-7-16/h10H,1-9H2,(H3,13,14,15). The zero-order valence-corrected chi connectivity index (χ0v) is 10.3. The topological polar surface area (TPSA) is 70.7 Å². The fraction of sp³-hybridized carbons (Fsp3) is 0.833. The van der Waals surface area contributed by atoms with Crippen LogP contribution in [0.1, 0.15) is 32.1 Å². The first kappa shape index (κ1) is 12.2. The van der Waals surface area contributed by atoms with Gasteiger partial charge in [0.05, 0.1) is 0 Å². The minimum Gasteiger partial charge on any atom is -0.370 e. The van der Waals surface area contributed by atoms with Gasteiger partial charge in [0.1, 0.15) is 6.54 Å². The average Bonchev–Trinajstić information content (AvgIpc) is 2.77. The van der Waals surface area contributed by atoms with Gasteiger partial charge in [-0.25, -0.2) is 4.99 Å². The Kier molecular flexibility index (Phi) is 4.23. The molecule has 2 rings (SSSR count). The third-order valence-corrected chi connectivity index (χ3v) is 3.64. The predicted octanol–water partition coefficient (Wildman–Crippen LogP) is 0.313. The zero-order chi connectivity index (χ0) is 12.1. The molecule has 17 heavy (non-hydrogen) atoms. The summed E-state index contributed by atoms with van der Waals surface area (Å²) >= 11 is 0. The van der Waals surface area contributed by atoms with Gasteiger partial charge in [0, 0.05) is 19.6 Å². The summed E-state index contributed by atoms with van der Waals surface area (Å²) in [7, 11) is 0. The Bertz CT molecular complexity index is 293. The van der Waals surface area contributed by atoms with Crippen LogP contribution in [-0.2, 0) is 4.79 Å². The lowest BCUT2D eigenvalue weighted by atomic mass is 9.85. The van der Waals surface area contributed by atoms with Crippen LogP contribution in [0, 0.1) is 5.92 Å². The van der Waals surface area contributed by atoms with E-state index in [9.17, 15) is 4.79 Å². The maximum Gasteiger partial charge on any atom is 0.244 e. The molecule has 1 heterocycles. The molecule has 0 aromatic carbocycles. The van der Waals surface area contributed by atoms with Crippen LogP contribution in [0.2, 0.25) is 0 Å². The molecule has 5 heteroatoms. The highest BCUT2D eigenvalue weighted by atomic mass is 16.2. The molecule has 0 bridgehead atoms. The second-order valence-corrected chi connectivity index (χ2v) is 4.97. The van der Waals surface area contributed by atoms with Gasteiger partial charge >= 0.3 is 0 Å². The van der Waals surface area contributed by atoms with E-state index >= 15 is 0 Å². The monoisotopic (exact) mass is 238 g/mol. The molecule has 0 radical (unpaired) electrons. The number of aliphatic imine (C=N–C) groups is 1. The van der Waals surface area contributed by atoms with Crippen LogP contribution in [0.25, 0.3) is 0 Å². The Hall–Kier alpha value is -1.26. The van der Waals surface area contributed by atoms with Crippen molar-refractivity contribution in [2.45, 2.75) is 32.1 Å². The van der Waals surface area contributed by atoms with Gasteiger partial charge in [-0.1, -0.05) is 6.42 Å². The molecule has 1 saturated carbocycles. The van der Waals surface area contributed by atoms with Crippen LogP contribution >= 0.6 is 0 Å². The molecule has 0 spiro atoms. The zero-order valence-electron chi connectivity index (χ0n) is 10.3. The number of rotatable bonds is 4. The number of hydrogen-bond acceptors (Lipinski definition) is 2. The van der Waals surface area contributed by atoms with Gasteiger partial charge in [-0.15, -0.1) is 0 Å². The van der Waals surface area contributed by atoms with E-state index in [1.807, 2.05) is 4.90 Å². The summed E-state index contributed by atoms with van der Waals surface area (Å²) in [5.74, 6) is 1.25. The molecule has 3 N–H and O–H groups in total. The van der Waals surface area contributed by atoms with Crippen molar-refractivity contribution >= 4 is 11.9 Å². The molecular weight excluding hydrogens is 216 g/mol. The van der Waals surface area contributed by atoms with E-state index in [0.29, 0.717) is 5.96 Å². The summed E-state index contributed by atoms with van der Waals surface area (Å²) in [4.78, 5) is 17.6. The quantitative estimate of drug-likeness (QED) is 0.547. The van der Waals surface area contributed by atoms with Gasteiger partial charge in [-0.3, -0.25) is 4.79 Å². The van der Waals surface area contributed by atoms with Gasteiger partial charge in [0.25, 0.3) is 0 Å². The molecule has 2 fully saturated rings. The normalized spacial score (nSPS) is 21.4. The molecular formula is C12H22N4O. The van der Waals surface area contributed by atoms with Gasteiger partial charge in [-0.2, -0.15) is 0 Å². The molecule has 0 aromatic rings. The van der Waals surface area contributed by atoms with Crippen molar-refractivity contribution in [1.29, 1.82) is 0 Å². The fourth-order valence-corrected chi connectivity index (χ4v) is 2.22. The van der Waals surface area contributed by atoms with Crippen molar-refractivity contribution in [1.82, 2.24) is 10.2 Å². The number of likely N-dealkylation sites (tertiary alicyclic amines) is 1. The lowest BCUT2D eigenvalue weighted by molar-refractivity contribution is -0.128. The van der Waals surface area contributed by atoms with Gasteiger partial charge in [0.15, 0.2) is 5.96 Å². The molecule has 0 aromatic heterocycles. The van der Waals surface area contributed by atoms with Gasteiger partial charge in [0.2, 0.25) is 5.91 Å². The first-order valence-corrected chi connectivity index (χ1v) is 6.57. The number of nitrogens with two attached hydrogens (primary N) is 1. The van der Waals surface area contributed by atoms with Crippen LogP contribution in [0.4, 0.5) is 0 Å². The molecule has 96 valence electrons. The van der Waals surface area contributed by atoms with E-state index in [2.05, 4.69) is 10.3 Å². The molecule has 1 aliphatic carbocycles. The smallest absolute Gasteiger partial charge is 0.244 e. The summed E-state index contributed by atoms with van der Waals surface area (Å²) in [6.07, 6.45) is 6.13. The summed E-state index contributed by atoms with van der Waals surface area (Å²) in [5.41, 5.74) is 5.72. The molecule has 1 aliphatic heterocycles. The van der Waals surface area contributed by atoms with Gasteiger partial charge < -0.3 is 16.0 Å². The highest BCUT2D eigenvalue weighted by Gasteiger charge is 2.18. The number of carbonyl (C=O) groups excluding carboxylic acids is 1. The first-order valence-electron chi connectivity index (χ1n) is 6.57. The largest absolute Gasteiger partial charge is 0.370 e. The maximum absolute atomic E-state index is 11.7. The van der Waals surface area contributed by atoms with E-state index in [1.165, 1.54) is 19.3 Å². The second-order valence-electron chi connectivity index (χ2n) is 4.97. The molecule has 2 aliphatic rings. The van der Waals surface area contributed by atoms with E-state index in [4.69, 9.17) is 5.73 Å². The Morgan fingerprint density at radius 1 is 1.29 bits per heavy atom. The van der Waals surface area contributed by atoms with E-state index in [1.54, 1.807) is 0 Å². The Balaban J connectivity index is 1.65. The lowest BCUT2D eigenvalue weighted by Crippen LogP contribution is -2.38. The van der Waals surface area contributed by atoms with Crippen LogP contribution in [0.3, 0.4) is 0 Å². The average molecular weight is 238 g/mol. The Morgan fingerprint density at radius 3 is 2.59 bits per heavy atom. The minimum atomic E-state index is 0.0934.